The number of nitrogen functional groups attached to an aromatic ring is 1. The molecule has 0 radical (unpaired) electrons. The molecule has 3 N–H and O–H groups in total. The van der Waals surface area contributed by atoms with Gasteiger partial charge in [-0.15, -0.1) is 0 Å². The number of carbonyl (C=O) groups excluding carboxylic acids is 1. The van der Waals surface area contributed by atoms with Gasteiger partial charge in [-0.1, -0.05) is 11.6 Å². The minimum atomic E-state index is -0.257. The molecule has 0 saturated carbocycles. The minimum absolute atomic E-state index is 0.257. The van der Waals surface area contributed by atoms with Crippen LogP contribution in [0.1, 0.15) is 17.3 Å². The summed E-state index contributed by atoms with van der Waals surface area (Å²) < 4.78 is 6.05. The maximum absolute atomic E-state index is 12.2. The highest BCUT2D eigenvalue weighted by Gasteiger charge is 2.11. The molecule has 0 atom stereocenters. The molecule has 4 nitrogen and oxygen atoms in total. The van der Waals surface area contributed by atoms with E-state index in [0.717, 1.165) is 0 Å². The van der Waals surface area contributed by atoms with Crippen LogP contribution < -0.4 is 15.8 Å². The van der Waals surface area contributed by atoms with Crippen LogP contribution in [-0.2, 0) is 0 Å². The molecule has 0 saturated heterocycles. The quantitative estimate of drug-likeness (QED) is 0.788. The van der Waals surface area contributed by atoms with Crippen molar-refractivity contribution in [2.24, 2.45) is 0 Å². The van der Waals surface area contributed by atoms with Gasteiger partial charge < -0.3 is 15.8 Å². The lowest BCUT2D eigenvalue weighted by atomic mass is 10.1. The van der Waals surface area contributed by atoms with Gasteiger partial charge in [0.1, 0.15) is 5.75 Å². The normalized spacial score (nSPS) is 10.2. The number of halogens is 2. The Bertz CT molecular complexity index is 677. The smallest absolute Gasteiger partial charge is 0.255 e. The molecule has 0 aliphatic rings. The third kappa shape index (κ3) is 3.89. The largest absolute Gasteiger partial charge is 0.492 e. The van der Waals surface area contributed by atoms with Gasteiger partial charge in [0.2, 0.25) is 0 Å². The Morgan fingerprint density at radius 1 is 1.33 bits per heavy atom. The summed E-state index contributed by atoms with van der Waals surface area (Å²) in [6, 6.07) is 10.1. The number of nitrogens with two attached hydrogens (primary N) is 1. The lowest BCUT2D eigenvalue weighted by Crippen LogP contribution is -2.12. The summed E-state index contributed by atoms with van der Waals surface area (Å²) in [5.41, 5.74) is 7.38. The molecule has 0 fully saturated rings. The van der Waals surface area contributed by atoms with Crippen LogP contribution in [0.2, 0.25) is 5.02 Å². The highest BCUT2D eigenvalue weighted by molar-refractivity contribution is 9.10. The van der Waals surface area contributed by atoms with E-state index in [1.165, 1.54) is 0 Å². The van der Waals surface area contributed by atoms with Crippen molar-refractivity contribution in [3.05, 3.63) is 51.5 Å². The van der Waals surface area contributed by atoms with Crippen LogP contribution in [0.5, 0.6) is 5.75 Å². The maximum atomic E-state index is 12.2. The van der Waals surface area contributed by atoms with Crippen molar-refractivity contribution < 1.29 is 9.53 Å². The Labute approximate surface area is 136 Å². The molecule has 0 bridgehead atoms. The van der Waals surface area contributed by atoms with Gasteiger partial charge in [-0.05, 0) is 59.3 Å². The lowest BCUT2D eigenvalue weighted by Gasteiger charge is -2.10. The predicted molar refractivity (Wildman–Crippen MR) is 89.1 cm³/mol. The Kier molecular flexibility index (Phi) is 5.09. The second kappa shape index (κ2) is 6.83. The summed E-state index contributed by atoms with van der Waals surface area (Å²) >= 11 is 9.22. The monoisotopic (exact) mass is 368 g/mol. The van der Waals surface area contributed by atoms with E-state index in [0.29, 0.717) is 38.8 Å². The molecule has 0 aliphatic carbocycles. The lowest BCUT2D eigenvalue weighted by molar-refractivity contribution is 0.102. The number of anilines is 2. The molecule has 0 spiro atoms. The first-order chi connectivity index (χ1) is 10.0. The average molecular weight is 370 g/mol. The molecular weight excluding hydrogens is 356 g/mol. The highest BCUT2D eigenvalue weighted by atomic mass is 79.9. The summed E-state index contributed by atoms with van der Waals surface area (Å²) in [6.07, 6.45) is 0. The fourth-order valence-corrected chi connectivity index (χ4v) is 2.54. The summed E-state index contributed by atoms with van der Waals surface area (Å²) in [6.45, 7) is 2.39. The number of amides is 1. The molecule has 6 heteroatoms. The zero-order valence-corrected chi connectivity index (χ0v) is 13.7. The first kappa shape index (κ1) is 15.7. The fraction of sp³-hybridized carbons (Fsp3) is 0.133. The number of carbonyl (C=O) groups is 1. The topological polar surface area (TPSA) is 64.3 Å². The van der Waals surface area contributed by atoms with Crippen LogP contribution >= 0.6 is 27.5 Å². The second-order valence-corrected chi connectivity index (χ2v) is 5.55. The van der Waals surface area contributed by atoms with Gasteiger partial charge >= 0.3 is 0 Å². The third-order valence-electron chi connectivity index (χ3n) is 2.75. The Morgan fingerprint density at radius 2 is 2.10 bits per heavy atom. The van der Waals surface area contributed by atoms with Gasteiger partial charge in [-0.3, -0.25) is 4.79 Å². The van der Waals surface area contributed by atoms with Crippen LogP contribution in [0.4, 0.5) is 11.4 Å². The number of benzene rings is 2. The predicted octanol–water partition coefficient (Wildman–Crippen LogP) is 4.34. The summed E-state index contributed by atoms with van der Waals surface area (Å²) in [4.78, 5) is 12.2. The van der Waals surface area contributed by atoms with E-state index >= 15 is 0 Å². The number of hydrogen-bond donors (Lipinski definition) is 2. The van der Waals surface area contributed by atoms with E-state index < -0.39 is 0 Å². The second-order valence-electron chi connectivity index (χ2n) is 4.26. The van der Waals surface area contributed by atoms with Gasteiger partial charge in [0, 0.05) is 15.1 Å². The Morgan fingerprint density at radius 3 is 2.71 bits per heavy atom. The zero-order chi connectivity index (χ0) is 15.4. The van der Waals surface area contributed by atoms with Crippen molar-refractivity contribution in [3.8, 4) is 5.75 Å². The molecule has 0 heterocycles. The standard InChI is InChI=1S/C15H14BrClN2O2/c1-2-21-14-6-3-9(7-12(14)18)15(20)19-13-5-4-10(17)8-11(13)16/h3-8H,2,18H2,1H3,(H,19,20). The first-order valence-electron chi connectivity index (χ1n) is 6.30. The van der Waals surface area contributed by atoms with Crippen molar-refractivity contribution in [1.82, 2.24) is 0 Å². The van der Waals surface area contributed by atoms with Crippen molar-refractivity contribution in [1.29, 1.82) is 0 Å². The van der Waals surface area contributed by atoms with Crippen molar-refractivity contribution >= 4 is 44.8 Å². The van der Waals surface area contributed by atoms with Crippen LogP contribution in [0.15, 0.2) is 40.9 Å². The maximum Gasteiger partial charge on any atom is 0.255 e. The molecule has 0 unspecified atom stereocenters. The molecule has 1 amide bonds. The highest BCUT2D eigenvalue weighted by Crippen LogP contribution is 2.27. The molecular formula is C15H14BrClN2O2. The van der Waals surface area contributed by atoms with E-state index in [2.05, 4.69) is 21.2 Å². The van der Waals surface area contributed by atoms with Crippen LogP contribution in [0.3, 0.4) is 0 Å². The minimum Gasteiger partial charge on any atom is -0.492 e. The molecule has 2 aromatic carbocycles. The van der Waals surface area contributed by atoms with Crippen LogP contribution in [-0.4, -0.2) is 12.5 Å². The van der Waals surface area contributed by atoms with Gasteiger partial charge in [-0.2, -0.15) is 0 Å². The number of hydrogen-bond acceptors (Lipinski definition) is 3. The SMILES string of the molecule is CCOc1ccc(C(=O)Nc2ccc(Cl)cc2Br)cc1N. The molecule has 21 heavy (non-hydrogen) atoms. The Hall–Kier alpha value is -1.72. The average Bonchev–Trinajstić information content (AvgIpc) is 2.44. The van der Waals surface area contributed by atoms with Gasteiger partial charge in [-0.25, -0.2) is 0 Å². The Balaban J connectivity index is 2.18. The third-order valence-corrected chi connectivity index (χ3v) is 3.64. The van der Waals surface area contributed by atoms with E-state index in [4.69, 9.17) is 22.1 Å². The molecule has 2 aromatic rings. The van der Waals surface area contributed by atoms with E-state index in [1.54, 1.807) is 36.4 Å². The summed E-state index contributed by atoms with van der Waals surface area (Å²) in [5.74, 6) is 0.314. The van der Waals surface area contributed by atoms with Crippen LogP contribution in [0.25, 0.3) is 0 Å². The van der Waals surface area contributed by atoms with E-state index in [-0.39, 0.29) is 5.91 Å². The van der Waals surface area contributed by atoms with Crippen molar-refractivity contribution in [2.45, 2.75) is 6.92 Å². The van der Waals surface area contributed by atoms with Gasteiger partial charge in [0.15, 0.2) is 0 Å². The van der Waals surface area contributed by atoms with Crippen molar-refractivity contribution in [3.63, 3.8) is 0 Å². The number of ether oxygens (including phenoxy) is 1. The fourth-order valence-electron chi connectivity index (χ4n) is 1.76. The molecule has 110 valence electrons. The summed E-state index contributed by atoms with van der Waals surface area (Å²) in [5, 5.41) is 3.38. The summed E-state index contributed by atoms with van der Waals surface area (Å²) in [7, 11) is 0. The molecule has 2 rings (SSSR count). The number of rotatable bonds is 4. The zero-order valence-electron chi connectivity index (χ0n) is 11.3. The molecule has 0 aliphatic heterocycles. The van der Waals surface area contributed by atoms with E-state index in [1.807, 2.05) is 6.92 Å². The van der Waals surface area contributed by atoms with Gasteiger partial charge in [0.25, 0.3) is 5.91 Å². The van der Waals surface area contributed by atoms with E-state index in [9.17, 15) is 4.79 Å². The number of nitrogens with one attached hydrogen (secondary N) is 1. The van der Waals surface area contributed by atoms with Gasteiger partial charge in [0.05, 0.1) is 18.0 Å². The van der Waals surface area contributed by atoms with Crippen molar-refractivity contribution in [2.75, 3.05) is 17.7 Å². The first-order valence-corrected chi connectivity index (χ1v) is 7.47. The molecule has 0 aromatic heterocycles. The van der Waals surface area contributed by atoms with Crippen LogP contribution in [0, 0.1) is 0 Å².